The quantitative estimate of drug-likeness (QED) is 0.528. The van der Waals surface area contributed by atoms with Crippen molar-refractivity contribution >= 4 is 34.9 Å². The third-order valence-electron chi connectivity index (χ3n) is 5.52. The minimum atomic E-state index is -0.293. The smallest absolute Gasteiger partial charge is 0.255 e. The summed E-state index contributed by atoms with van der Waals surface area (Å²) in [7, 11) is 1.52. The second kappa shape index (κ2) is 9.64. The molecular weight excluding hydrogens is 411 g/mol. The lowest BCUT2D eigenvalue weighted by Gasteiger charge is -2.15. The second-order valence-electron chi connectivity index (χ2n) is 7.66. The van der Waals surface area contributed by atoms with Crippen molar-refractivity contribution in [3.63, 3.8) is 0 Å². The molecule has 2 amide bonds. The molecule has 1 saturated heterocycles. The number of ether oxygens (including phenoxy) is 1. The number of hydrogen-bond acceptors (Lipinski definition) is 4. The van der Waals surface area contributed by atoms with Crippen LogP contribution in [0, 0.1) is 5.82 Å². The van der Waals surface area contributed by atoms with Gasteiger partial charge in [-0.15, -0.1) is 0 Å². The van der Waals surface area contributed by atoms with Crippen LogP contribution in [0.1, 0.15) is 40.9 Å². The van der Waals surface area contributed by atoms with Crippen LogP contribution in [0.5, 0.6) is 5.75 Å². The molecule has 2 heterocycles. The average molecular weight is 436 g/mol. The van der Waals surface area contributed by atoms with Gasteiger partial charge in [0.2, 0.25) is 5.91 Å². The SMILES string of the molecule is COc1c(C(=O)NCCCN2CCCC2=O)ccc2n[nH]c(/C=C/c3ccc(F)cc3)c12. The fourth-order valence-corrected chi connectivity index (χ4v) is 3.87. The predicted molar refractivity (Wildman–Crippen MR) is 121 cm³/mol. The first-order valence-corrected chi connectivity index (χ1v) is 10.6. The van der Waals surface area contributed by atoms with Gasteiger partial charge in [0.1, 0.15) is 11.6 Å². The number of nitrogens with one attached hydrogen (secondary N) is 2. The van der Waals surface area contributed by atoms with Crippen molar-refractivity contribution in [2.75, 3.05) is 26.7 Å². The molecule has 1 aliphatic rings. The van der Waals surface area contributed by atoms with E-state index in [1.165, 1.54) is 19.2 Å². The van der Waals surface area contributed by atoms with E-state index in [1.54, 1.807) is 24.3 Å². The highest BCUT2D eigenvalue weighted by Crippen LogP contribution is 2.32. The molecule has 0 atom stereocenters. The topological polar surface area (TPSA) is 87.3 Å². The molecule has 32 heavy (non-hydrogen) atoms. The average Bonchev–Trinajstić information content (AvgIpc) is 3.41. The zero-order valence-electron chi connectivity index (χ0n) is 17.9. The van der Waals surface area contributed by atoms with Crippen molar-refractivity contribution in [3.8, 4) is 5.75 Å². The van der Waals surface area contributed by atoms with E-state index in [2.05, 4.69) is 15.5 Å². The van der Waals surface area contributed by atoms with Crippen LogP contribution in [0.3, 0.4) is 0 Å². The summed E-state index contributed by atoms with van der Waals surface area (Å²) in [6, 6.07) is 9.60. The highest BCUT2D eigenvalue weighted by Gasteiger charge is 2.20. The van der Waals surface area contributed by atoms with E-state index >= 15 is 0 Å². The number of carbonyl (C=O) groups is 2. The number of benzene rings is 2. The number of aromatic nitrogens is 2. The summed E-state index contributed by atoms with van der Waals surface area (Å²) in [5, 5.41) is 10.9. The van der Waals surface area contributed by atoms with Crippen molar-refractivity contribution in [1.82, 2.24) is 20.4 Å². The molecule has 8 heteroatoms. The lowest BCUT2D eigenvalue weighted by molar-refractivity contribution is -0.127. The molecule has 4 rings (SSSR count). The number of H-pyrrole nitrogens is 1. The first-order valence-electron chi connectivity index (χ1n) is 10.6. The van der Waals surface area contributed by atoms with Gasteiger partial charge in [-0.25, -0.2) is 4.39 Å². The molecule has 2 N–H and O–H groups in total. The first kappa shape index (κ1) is 21.5. The van der Waals surface area contributed by atoms with E-state index in [0.29, 0.717) is 53.8 Å². The third kappa shape index (κ3) is 4.64. The Labute approximate surface area is 185 Å². The van der Waals surface area contributed by atoms with Gasteiger partial charge in [0.25, 0.3) is 5.91 Å². The molecule has 166 valence electrons. The number of hydrogen-bond donors (Lipinski definition) is 2. The largest absolute Gasteiger partial charge is 0.495 e. The van der Waals surface area contributed by atoms with Crippen molar-refractivity contribution < 1.29 is 18.7 Å². The van der Waals surface area contributed by atoms with Crippen LogP contribution in [0.4, 0.5) is 4.39 Å². The number of nitrogens with zero attached hydrogens (tertiary/aromatic N) is 2. The summed E-state index contributed by atoms with van der Waals surface area (Å²) in [5.41, 5.74) is 2.60. The van der Waals surface area contributed by atoms with Crippen LogP contribution >= 0.6 is 0 Å². The van der Waals surface area contributed by atoms with Gasteiger partial charge in [-0.05, 0) is 48.7 Å². The van der Waals surface area contributed by atoms with Gasteiger partial charge < -0.3 is 15.0 Å². The number of amides is 2. The van der Waals surface area contributed by atoms with Crippen LogP contribution in [-0.4, -0.2) is 53.7 Å². The lowest BCUT2D eigenvalue weighted by Crippen LogP contribution is -2.30. The molecule has 1 fully saturated rings. The Morgan fingerprint density at radius 1 is 1.25 bits per heavy atom. The van der Waals surface area contributed by atoms with Gasteiger partial charge in [-0.1, -0.05) is 18.2 Å². The fraction of sp³-hybridized carbons (Fsp3) is 0.292. The summed E-state index contributed by atoms with van der Waals surface area (Å²) in [4.78, 5) is 26.3. The maximum Gasteiger partial charge on any atom is 0.255 e. The van der Waals surface area contributed by atoms with Crippen molar-refractivity contribution in [1.29, 1.82) is 0 Å². The molecule has 0 aliphatic carbocycles. The minimum Gasteiger partial charge on any atom is -0.495 e. The lowest BCUT2D eigenvalue weighted by atomic mass is 10.1. The number of fused-ring (bicyclic) bond motifs is 1. The number of likely N-dealkylation sites (tertiary alicyclic amines) is 1. The highest BCUT2D eigenvalue weighted by atomic mass is 19.1. The van der Waals surface area contributed by atoms with E-state index in [0.717, 1.165) is 18.5 Å². The van der Waals surface area contributed by atoms with Gasteiger partial charge in [0, 0.05) is 26.1 Å². The Hall–Kier alpha value is -3.68. The van der Waals surface area contributed by atoms with Gasteiger partial charge in [-0.2, -0.15) is 5.10 Å². The van der Waals surface area contributed by atoms with Gasteiger partial charge in [0.15, 0.2) is 0 Å². The van der Waals surface area contributed by atoms with E-state index < -0.39 is 0 Å². The first-order chi connectivity index (χ1) is 15.6. The Bertz CT molecular complexity index is 1150. The number of carbonyl (C=O) groups excluding carboxylic acids is 2. The van der Waals surface area contributed by atoms with Crippen LogP contribution in [0.25, 0.3) is 23.1 Å². The summed E-state index contributed by atoms with van der Waals surface area (Å²) in [5.74, 6) is 0.0801. The summed E-state index contributed by atoms with van der Waals surface area (Å²) in [6.45, 7) is 1.91. The number of aromatic amines is 1. The van der Waals surface area contributed by atoms with Gasteiger partial charge in [-0.3, -0.25) is 14.7 Å². The number of rotatable bonds is 8. The summed E-state index contributed by atoms with van der Waals surface area (Å²) < 4.78 is 18.7. The molecule has 1 aromatic heterocycles. The maximum absolute atomic E-state index is 13.1. The molecule has 0 radical (unpaired) electrons. The number of halogens is 1. The monoisotopic (exact) mass is 436 g/mol. The molecule has 2 aromatic carbocycles. The molecule has 3 aromatic rings. The van der Waals surface area contributed by atoms with Gasteiger partial charge in [0.05, 0.1) is 29.3 Å². The van der Waals surface area contributed by atoms with E-state index in [9.17, 15) is 14.0 Å². The normalized spacial score (nSPS) is 13.9. The van der Waals surface area contributed by atoms with Crippen molar-refractivity contribution in [2.24, 2.45) is 0 Å². The van der Waals surface area contributed by atoms with Gasteiger partial charge >= 0.3 is 0 Å². The molecule has 1 aliphatic heterocycles. The molecule has 0 spiro atoms. The maximum atomic E-state index is 13.1. The Kier molecular flexibility index (Phi) is 6.49. The molecule has 7 nitrogen and oxygen atoms in total. The van der Waals surface area contributed by atoms with E-state index in [1.807, 2.05) is 17.1 Å². The second-order valence-corrected chi connectivity index (χ2v) is 7.66. The van der Waals surface area contributed by atoms with E-state index in [4.69, 9.17) is 4.74 Å². The summed E-state index contributed by atoms with van der Waals surface area (Å²) >= 11 is 0. The molecule has 0 bridgehead atoms. The number of methoxy groups -OCH3 is 1. The van der Waals surface area contributed by atoms with E-state index in [-0.39, 0.29) is 17.6 Å². The Morgan fingerprint density at radius 2 is 2.06 bits per heavy atom. The van der Waals surface area contributed by atoms with Crippen LogP contribution in [0.2, 0.25) is 0 Å². The zero-order chi connectivity index (χ0) is 22.5. The predicted octanol–water partition coefficient (Wildman–Crippen LogP) is 3.62. The molecular formula is C24H25FN4O3. The minimum absolute atomic E-state index is 0.185. The van der Waals surface area contributed by atoms with Crippen LogP contribution in [0.15, 0.2) is 36.4 Å². The highest BCUT2D eigenvalue weighted by molar-refractivity contribution is 6.05. The zero-order valence-corrected chi connectivity index (χ0v) is 17.9. The van der Waals surface area contributed by atoms with Crippen molar-refractivity contribution in [3.05, 3.63) is 59.0 Å². The summed E-state index contributed by atoms with van der Waals surface area (Å²) in [6.07, 6.45) is 5.87. The molecule has 0 saturated carbocycles. The molecule has 0 unspecified atom stereocenters. The fourth-order valence-electron chi connectivity index (χ4n) is 3.87. The third-order valence-corrected chi connectivity index (χ3v) is 5.52. The Balaban J connectivity index is 1.49. The Morgan fingerprint density at radius 3 is 2.78 bits per heavy atom. The standard InChI is InChI=1S/C24H25FN4O3/c1-32-23-18(24(31)26-13-3-15-29-14-2-4-21(29)30)10-12-20-22(23)19(27-28-20)11-7-16-5-8-17(25)9-6-16/h5-12H,2-4,13-15H2,1H3,(H,26,31)(H,27,28)/b11-7+. The van der Waals surface area contributed by atoms with Crippen LogP contribution in [-0.2, 0) is 4.79 Å². The van der Waals surface area contributed by atoms with Crippen molar-refractivity contribution in [2.45, 2.75) is 19.3 Å². The van der Waals surface area contributed by atoms with Crippen LogP contribution < -0.4 is 10.1 Å².